The van der Waals surface area contributed by atoms with Crippen molar-refractivity contribution in [3.63, 3.8) is 0 Å². The van der Waals surface area contributed by atoms with E-state index >= 15 is 0 Å². The van der Waals surface area contributed by atoms with E-state index in [9.17, 15) is 0 Å². The zero-order chi connectivity index (χ0) is 31.9. The van der Waals surface area contributed by atoms with E-state index in [0.29, 0.717) is 0 Å². The van der Waals surface area contributed by atoms with Gasteiger partial charge in [-0.3, -0.25) is 0 Å². The molecule has 0 fully saturated rings. The molecular weight excluding hydrogens is 675 g/mol. The van der Waals surface area contributed by atoms with Crippen molar-refractivity contribution in [2.75, 3.05) is 0 Å². The topological polar surface area (TPSA) is 54.0 Å². The van der Waals surface area contributed by atoms with Gasteiger partial charge in [0.2, 0.25) is 0 Å². The van der Waals surface area contributed by atoms with Crippen molar-refractivity contribution >= 4 is 46.4 Å². The fourth-order valence-electron chi connectivity index (χ4n) is 6.69. The van der Waals surface area contributed by atoms with Crippen molar-refractivity contribution in [3.05, 3.63) is 168 Å². The van der Waals surface area contributed by atoms with Crippen LogP contribution in [-0.4, -0.2) is 9.97 Å². The van der Waals surface area contributed by atoms with Crippen LogP contribution in [-0.2, 0) is 17.1 Å². The van der Waals surface area contributed by atoms with Gasteiger partial charge in [-0.1, -0.05) is 146 Å². The second-order valence-electron chi connectivity index (χ2n) is 11.8. The Hall–Kier alpha value is -5.71. The molecule has 0 atom stereocenters. The van der Waals surface area contributed by atoms with Crippen molar-refractivity contribution in [1.82, 2.24) is 19.9 Å². The van der Waals surface area contributed by atoms with Gasteiger partial charge >= 0.3 is 17.1 Å². The molecule has 0 spiro atoms. The molecular formula is C44H28ClMnN4. The first-order valence-corrected chi connectivity index (χ1v) is 16.1. The van der Waals surface area contributed by atoms with Gasteiger partial charge in [0.1, 0.15) is 0 Å². The summed E-state index contributed by atoms with van der Waals surface area (Å²) >= 11 is 0. The quantitative estimate of drug-likeness (QED) is 0.178. The van der Waals surface area contributed by atoms with Crippen LogP contribution in [0.3, 0.4) is 0 Å². The summed E-state index contributed by atoms with van der Waals surface area (Å²) in [6.45, 7) is 0. The van der Waals surface area contributed by atoms with Crippen molar-refractivity contribution in [2.24, 2.45) is 0 Å². The molecule has 0 saturated carbocycles. The molecule has 4 aromatic carbocycles. The molecule has 0 N–H and O–H groups in total. The zero-order valence-electron chi connectivity index (χ0n) is 26.7. The maximum atomic E-state index is 5.31. The second-order valence-corrected chi connectivity index (χ2v) is 11.8. The molecule has 2 aliphatic rings. The molecule has 4 nitrogen and oxygen atoms in total. The number of hydrogen-bond acceptors (Lipinski definition) is 2. The molecule has 0 unspecified atom stereocenters. The summed E-state index contributed by atoms with van der Waals surface area (Å²) in [5, 5.41) is 0. The number of halogens is 1. The summed E-state index contributed by atoms with van der Waals surface area (Å²) in [4.78, 5) is 21.2. The third kappa shape index (κ3) is 5.93. The monoisotopic (exact) mass is 702 g/mol. The van der Waals surface area contributed by atoms with Crippen LogP contribution in [0.5, 0.6) is 0 Å². The Balaban J connectivity index is 0.00000196. The van der Waals surface area contributed by atoms with E-state index in [4.69, 9.17) is 19.9 Å². The van der Waals surface area contributed by atoms with Gasteiger partial charge in [-0.05, 0) is 63.2 Å². The van der Waals surface area contributed by atoms with E-state index in [-0.39, 0.29) is 29.5 Å². The van der Waals surface area contributed by atoms with Crippen LogP contribution in [0.2, 0.25) is 0 Å². The number of benzene rings is 4. The third-order valence-electron chi connectivity index (χ3n) is 8.86. The first-order valence-electron chi connectivity index (χ1n) is 16.1. The molecule has 0 radical (unpaired) electrons. The molecule has 50 heavy (non-hydrogen) atoms. The van der Waals surface area contributed by atoms with Gasteiger partial charge in [-0.25, -0.2) is 9.97 Å². The predicted octanol–water partition coefficient (Wildman–Crippen LogP) is 7.58. The maximum absolute atomic E-state index is 5.31. The van der Waals surface area contributed by atoms with E-state index in [1.165, 1.54) is 0 Å². The summed E-state index contributed by atoms with van der Waals surface area (Å²) in [5.74, 6) is 0. The van der Waals surface area contributed by atoms with Crippen LogP contribution in [0.25, 0.3) is 90.9 Å². The number of hydrogen-bond donors (Lipinski definition) is 0. The molecule has 0 aliphatic carbocycles. The smallest absolute Gasteiger partial charge is 1.00 e. The second kappa shape index (κ2) is 14.0. The molecule has 7 aromatic rings. The Labute approximate surface area is 307 Å². The fourth-order valence-corrected chi connectivity index (χ4v) is 6.69. The number of rotatable bonds is 4. The predicted molar refractivity (Wildman–Crippen MR) is 199 cm³/mol. The number of nitrogens with zero attached hydrogens (tertiary/aromatic N) is 4. The minimum atomic E-state index is 0. The van der Waals surface area contributed by atoms with Gasteiger partial charge in [-0.15, -0.1) is 22.1 Å². The summed E-state index contributed by atoms with van der Waals surface area (Å²) in [6.07, 6.45) is 8.41. The van der Waals surface area contributed by atoms with Crippen molar-refractivity contribution in [1.29, 1.82) is 0 Å². The molecule has 5 heterocycles. The Kier molecular flexibility index (Phi) is 9.21. The van der Waals surface area contributed by atoms with Gasteiger partial charge in [0.15, 0.2) is 0 Å². The van der Waals surface area contributed by atoms with E-state index in [1.807, 2.05) is 24.3 Å². The molecule has 3 aromatic heterocycles. The van der Waals surface area contributed by atoms with E-state index in [1.54, 1.807) is 0 Å². The van der Waals surface area contributed by atoms with Gasteiger partial charge in [0, 0.05) is 5.56 Å². The summed E-state index contributed by atoms with van der Waals surface area (Å²) < 4.78 is 0. The Morgan fingerprint density at radius 3 is 0.900 bits per heavy atom. The van der Waals surface area contributed by atoms with E-state index < -0.39 is 0 Å². The van der Waals surface area contributed by atoms with Crippen molar-refractivity contribution in [3.8, 4) is 44.5 Å². The molecule has 9 rings (SSSR count). The van der Waals surface area contributed by atoms with Crippen LogP contribution >= 0.6 is 0 Å². The first kappa shape index (κ1) is 32.8. The van der Waals surface area contributed by atoms with Crippen LogP contribution < -0.4 is 22.4 Å². The molecule has 0 amide bonds. The van der Waals surface area contributed by atoms with Gasteiger partial charge in [-0.2, -0.15) is 0 Å². The zero-order valence-corrected chi connectivity index (χ0v) is 28.6. The Morgan fingerprint density at radius 1 is 0.300 bits per heavy atom. The summed E-state index contributed by atoms with van der Waals surface area (Å²) in [5.41, 5.74) is 15.0. The average molecular weight is 703 g/mol. The standard InChI is InChI=1S/C44H28N4.ClH.Mn/c1-5-13-29(14-6-1)41-33-21-23-35(45-33)42(30-15-7-2-8-16-30)37-25-27-39(47-37)44(32-19-11-4-12-20-32)40-28-26-38(48-40)43(31-17-9-3-10-18-31)36-24-22-34(41)46-36;;/h1-28H;1H;/q-2;;+3/p-1. The van der Waals surface area contributed by atoms with E-state index in [0.717, 1.165) is 89.4 Å². The first-order chi connectivity index (χ1) is 23.8. The molecule has 0 saturated heterocycles. The van der Waals surface area contributed by atoms with Crippen LogP contribution in [0.15, 0.2) is 146 Å². The molecule has 238 valence electrons. The minimum Gasteiger partial charge on any atom is -1.00 e. The van der Waals surface area contributed by atoms with Crippen LogP contribution in [0.4, 0.5) is 0 Å². The van der Waals surface area contributed by atoms with Gasteiger partial charge in [0.25, 0.3) is 0 Å². The third-order valence-corrected chi connectivity index (χ3v) is 8.86. The largest absolute Gasteiger partial charge is 3.00 e. The normalized spacial score (nSPS) is 11.5. The number of aromatic nitrogens is 4. The maximum Gasteiger partial charge on any atom is 3.00 e. The van der Waals surface area contributed by atoms with Crippen LogP contribution in [0.1, 0.15) is 22.8 Å². The molecule has 8 bridgehead atoms. The molecule has 6 heteroatoms. The SMILES string of the molecule is C1=Cc2nc1c(-c1ccccc1)c1nc(c(-c3ccccc3)c3ccc([n-]3)c(-c3ccccc3)c3ccc([n-]3)c2-c2ccccc2)C=C1.[Cl-].[Mn+3]. The van der Waals surface area contributed by atoms with E-state index in [2.05, 4.69) is 146 Å². The van der Waals surface area contributed by atoms with Crippen LogP contribution in [0, 0.1) is 0 Å². The summed E-state index contributed by atoms with van der Waals surface area (Å²) in [6, 6.07) is 50.0. The average Bonchev–Trinajstić information content (AvgIpc) is 3.98. The van der Waals surface area contributed by atoms with Crippen molar-refractivity contribution in [2.45, 2.75) is 0 Å². The number of fused-ring (bicyclic) bond motifs is 8. The fraction of sp³-hybridized carbons (Fsp3) is 0. The minimum absolute atomic E-state index is 0. The Bertz CT molecular complexity index is 2400. The van der Waals surface area contributed by atoms with Gasteiger partial charge < -0.3 is 22.4 Å². The summed E-state index contributed by atoms with van der Waals surface area (Å²) in [7, 11) is 0. The Morgan fingerprint density at radius 2 is 0.560 bits per heavy atom. The van der Waals surface area contributed by atoms with Gasteiger partial charge in [0.05, 0.1) is 22.8 Å². The molecule has 2 aliphatic heterocycles. The van der Waals surface area contributed by atoms with Crippen molar-refractivity contribution < 1.29 is 29.5 Å².